The average Bonchev–Trinajstić information content (AvgIpc) is 2.99. The van der Waals surface area contributed by atoms with Crippen molar-refractivity contribution in [2.24, 2.45) is 0 Å². The van der Waals surface area contributed by atoms with Crippen LogP contribution in [0.25, 0.3) is 5.69 Å². The van der Waals surface area contributed by atoms with Crippen LogP contribution in [0.3, 0.4) is 0 Å². The SMILES string of the molecule is CCCNC1C(=O)Nc2cc(-n3cc(C)cn3)c(Br)cc21. The molecule has 0 saturated carbocycles. The molecule has 2 aromatic rings. The Morgan fingerprint density at radius 3 is 2.95 bits per heavy atom. The van der Waals surface area contributed by atoms with Crippen LogP contribution in [0.15, 0.2) is 29.0 Å². The predicted molar refractivity (Wildman–Crippen MR) is 85.7 cm³/mol. The van der Waals surface area contributed by atoms with E-state index in [-0.39, 0.29) is 11.9 Å². The third-order valence-electron chi connectivity index (χ3n) is 3.51. The van der Waals surface area contributed by atoms with E-state index in [9.17, 15) is 4.79 Å². The molecule has 1 atom stereocenters. The fourth-order valence-corrected chi connectivity index (χ4v) is 3.02. The number of carbonyl (C=O) groups excluding carboxylic acids is 1. The Balaban J connectivity index is 1.99. The molecule has 0 aliphatic carbocycles. The number of amides is 1. The topological polar surface area (TPSA) is 59.0 Å². The van der Waals surface area contributed by atoms with Crippen molar-refractivity contribution in [3.05, 3.63) is 40.1 Å². The number of benzene rings is 1. The zero-order valence-electron chi connectivity index (χ0n) is 12.0. The van der Waals surface area contributed by atoms with E-state index in [1.54, 1.807) is 4.68 Å². The minimum Gasteiger partial charge on any atom is -0.324 e. The zero-order chi connectivity index (χ0) is 15.0. The van der Waals surface area contributed by atoms with E-state index in [1.807, 2.05) is 31.5 Å². The van der Waals surface area contributed by atoms with Crippen LogP contribution in [0, 0.1) is 6.92 Å². The second kappa shape index (κ2) is 5.61. The number of aryl methyl sites for hydroxylation is 1. The summed E-state index contributed by atoms with van der Waals surface area (Å²) in [7, 11) is 0. The summed E-state index contributed by atoms with van der Waals surface area (Å²) < 4.78 is 2.72. The van der Waals surface area contributed by atoms with Gasteiger partial charge in [0, 0.05) is 21.9 Å². The maximum absolute atomic E-state index is 12.1. The first-order chi connectivity index (χ1) is 10.1. The Morgan fingerprint density at radius 2 is 2.29 bits per heavy atom. The van der Waals surface area contributed by atoms with Crippen molar-refractivity contribution in [1.29, 1.82) is 0 Å². The van der Waals surface area contributed by atoms with E-state index in [2.05, 4.69) is 38.6 Å². The molecule has 1 aromatic heterocycles. The van der Waals surface area contributed by atoms with Crippen LogP contribution in [0.1, 0.15) is 30.5 Å². The number of rotatable bonds is 4. The van der Waals surface area contributed by atoms with Gasteiger partial charge in [-0.3, -0.25) is 4.79 Å². The number of carbonyl (C=O) groups is 1. The molecule has 0 bridgehead atoms. The molecule has 1 aliphatic heterocycles. The standard InChI is InChI=1S/C15H17BrN4O/c1-3-4-17-14-10-5-11(16)13(6-12(10)19-15(14)21)20-8-9(2)7-18-20/h5-8,14,17H,3-4H2,1-2H3,(H,19,21). The van der Waals surface area contributed by atoms with Gasteiger partial charge >= 0.3 is 0 Å². The van der Waals surface area contributed by atoms with Crippen molar-refractivity contribution < 1.29 is 4.79 Å². The van der Waals surface area contributed by atoms with Gasteiger partial charge in [0.1, 0.15) is 6.04 Å². The number of anilines is 1. The molecule has 0 fully saturated rings. The van der Waals surface area contributed by atoms with Gasteiger partial charge in [-0.1, -0.05) is 6.92 Å². The van der Waals surface area contributed by atoms with Crippen LogP contribution in [0.4, 0.5) is 5.69 Å². The van der Waals surface area contributed by atoms with E-state index in [0.29, 0.717) is 0 Å². The third-order valence-corrected chi connectivity index (χ3v) is 4.14. The van der Waals surface area contributed by atoms with Gasteiger partial charge in [-0.05, 0) is 53.5 Å². The summed E-state index contributed by atoms with van der Waals surface area (Å²) >= 11 is 3.58. The number of hydrogen-bond acceptors (Lipinski definition) is 3. The summed E-state index contributed by atoms with van der Waals surface area (Å²) in [4.78, 5) is 12.1. The number of aromatic nitrogens is 2. The molecule has 5 nitrogen and oxygen atoms in total. The summed E-state index contributed by atoms with van der Waals surface area (Å²) in [5.74, 6) is -0.000791. The molecule has 0 saturated heterocycles. The van der Waals surface area contributed by atoms with Crippen molar-refractivity contribution in [3.63, 3.8) is 0 Å². The lowest BCUT2D eigenvalue weighted by Crippen LogP contribution is -2.28. The second-order valence-electron chi connectivity index (χ2n) is 5.23. The number of nitrogens with zero attached hydrogens (tertiary/aromatic N) is 2. The van der Waals surface area contributed by atoms with Crippen molar-refractivity contribution in [3.8, 4) is 5.69 Å². The Labute approximate surface area is 131 Å². The number of halogens is 1. The highest BCUT2D eigenvalue weighted by molar-refractivity contribution is 9.10. The molecule has 0 radical (unpaired) electrons. The normalized spacial score (nSPS) is 16.9. The van der Waals surface area contributed by atoms with Gasteiger partial charge in [0.15, 0.2) is 0 Å². The highest BCUT2D eigenvalue weighted by Crippen LogP contribution is 2.36. The van der Waals surface area contributed by atoms with Crippen molar-refractivity contribution >= 4 is 27.5 Å². The maximum Gasteiger partial charge on any atom is 0.246 e. The van der Waals surface area contributed by atoms with Gasteiger partial charge in [0.2, 0.25) is 5.91 Å². The molecule has 1 aromatic carbocycles. The Kier molecular flexibility index (Phi) is 3.82. The quantitative estimate of drug-likeness (QED) is 0.892. The molecule has 1 unspecified atom stereocenters. The first-order valence-electron chi connectivity index (χ1n) is 6.99. The summed E-state index contributed by atoms with van der Waals surface area (Å²) in [6.45, 7) is 4.90. The molecular formula is C15H17BrN4O. The number of nitrogens with one attached hydrogen (secondary N) is 2. The molecule has 1 amide bonds. The van der Waals surface area contributed by atoms with Crippen LogP contribution >= 0.6 is 15.9 Å². The van der Waals surface area contributed by atoms with Gasteiger partial charge < -0.3 is 10.6 Å². The second-order valence-corrected chi connectivity index (χ2v) is 6.08. The van der Waals surface area contributed by atoms with E-state index in [1.165, 1.54) is 0 Å². The Morgan fingerprint density at radius 1 is 1.48 bits per heavy atom. The van der Waals surface area contributed by atoms with E-state index in [4.69, 9.17) is 0 Å². The van der Waals surface area contributed by atoms with Gasteiger partial charge in [0.25, 0.3) is 0 Å². The molecule has 6 heteroatoms. The van der Waals surface area contributed by atoms with Crippen LogP contribution < -0.4 is 10.6 Å². The summed E-state index contributed by atoms with van der Waals surface area (Å²) in [5.41, 5.74) is 3.83. The largest absolute Gasteiger partial charge is 0.324 e. The minimum atomic E-state index is -0.273. The molecule has 110 valence electrons. The molecule has 21 heavy (non-hydrogen) atoms. The number of fused-ring (bicyclic) bond motifs is 1. The molecular weight excluding hydrogens is 332 g/mol. The summed E-state index contributed by atoms with van der Waals surface area (Å²) in [5, 5.41) is 10.5. The molecule has 2 N–H and O–H groups in total. The lowest BCUT2D eigenvalue weighted by atomic mass is 10.1. The highest BCUT2D eigenvalue weighted by Gasteiger charge is 2.31. The van der Waals surface area contributed by atoms with Crippen LogP contribution in [-0.4, -0.2) is 22.2 Å². The molecule has 0 spiro atoms. The van der Waals surface area contributed by atoms with Gasteiger partial charge in [-0.2, -0.15) is 5.10 Å². The fourth-order valence-electron chi connectivity index (χ4n) is 2.48. The first-order valence-corrected chi connectivity index (χ1v) is 7.78. The fraction of sp³-hybridized carbons (Fsp3) is 0.333. The van der Waals surface area contributed by atoms with Crippen molar-refractivity contribution in [2.45, 2.75) is 26.3 Å². The summed E-state index contributed by atoms with van der Waals surface area (Å²) in [6, 6.07) is 3.68. The predicted octanol–water partition coefficient (Wildman–Crippen LogP) is 2.94. The lowest BCUT2D eigenvalue weighted by molar-refractivity contribution is -0.117. The summed E-state index contributed by atoms with van der Waals surface area (Å²) in [6.07, 6.45) is 4.75. The molecule has 3 rings (SSSR count). The van der Waals surface area contributed by atoms with Crippen LogP contribution in [0.2, 0.25) is 0 Å². The molecule has 2 heterocycles. The third kappa shape index (κ3) is 2.61. The Hall–Kier alpha value is -1.66. The van der Waals surface area contributed by atoms with Gasteiger partial charge in [-0.25, -0.2) is 4.68 Å². The van der Waals surface area contributed by atoms with Crippen molar-refractivity contribution in [2.75, 3.05) is 11.9 Å². The van der Waals surface area contributed by atoms with Crippen LogP contribution in [0.5, 0.6) is 0 Å². The van der Waals surface area contributed by atoms with Crippen LogP contribution in [-0.2, 0) is 4.79 Å². The van der Waals surface area contributed by atoms with E-state index in [0.717, 1.165) is 39.9 Å². The first kappa shape index (κ1) is 14.3. The van der Waals surface area contributed by atoms with Gasteiger partial charge in [-0.15, -0.1) is 0 Å². The number of hydrogen-bond donors (Lipinski definition) is 2. The Bertz CT molecular complexity index is 695. The smallest absolute Gasteiger partial charge is 0.246 e. The zero-order valence-corrected chi connectivity index (χ0v) is 13.6. The highest BCUT2D eigenvalue weighted by atomic mass is 79.9. The lowest BCUT2D eigenvalue weighted by Gasteiger charge is -2.12. The van der Waals surface area contributed by atoms with E-state index < -0.39 is 0 Å². The monoisotopic (exact) mass is 348 g/mol. The maximum atomic E-state index is 12.1. The van der Waals surface area contributed by atoms with Crippen molar-refractivity contribution in [1.82, 2.24) is 15.1 Å². The molecule has 1 aliphatic rings. The minimum absolute atomic E-state index is 0.000791. The van der Waals surface area contributed by atoms with Gasteiger partial charge in [0.05, 0.1) is 11.9 Å². The average molecular weight is 349 g/mol. The van der Waals surface area contributed by atoms with E-state index >= 15 is 0 Å².